The van der Waals surface area contributed by atoms with Gasteiger partial charge in [0.05, 0.1) is 0 Å². The van der Waals surface area contributed by atoms with Gasteiger partial charge in [-0.25, -0.2) is 9.59 Å². The summed E-state index contributed by atoms with van der Waals surface area (Å²) in [5.41, 5.74) is 0.581. The zero-order chi connectivity index (χ0) is 26.5. The molecule has 2 N–H and O–H groups in total. The second kappa shape index (κ2) is 11.0. The van der Waals surface area contributed by atoms with Crippen molar-refractivity contribution in [2.24, 2.45) is 0 Å². The van der Waals surface area contributed by atoms with E-state index in [2.05, 4.69) is 5.32 Å². The van der Waals surface area contributed by atoms with Crippen LogP contribution in [-0.4, -0.2) is 46.7 Å². The summed E-state index contributed by atoms with van der Waals surface area (Å²) < 4.78 is 11.2. The molecular weight excluding hydrogens is 460 g/mol. The lowest BCUT2D eigenvalue weighted by Crippen LogP contribution is -2.56. The van der Waals surface area contributed by atoms with E-state index in [4.69, 9.17) is 9.47 Å². The average Bonchev–Trinajstić information content (AvgIpc) is 2.76. The molecule has 0 aromatic heterocycles. The van der Waals surface area contributed by atoms with Gasteiger partial charge in [0.2, 0.25) is 0 Å². The van der Waals surface area contributed by atoms with Crippen LogP contribution in [0.3, 0.4) is 0 Å². The fraction of sp³-hybridized carbons (Fsp3) is 0.464. The van der Waals surface area contributed by atoms with Crippen molar-refractivity contribution in [3.8, 4) is 5.75 Å². The summed E-state index contributed by atoms with van der Waals surface area (Å²) in [4.78, 5) is 40.4. The molecule has 2 aromatic rings. The topological polar surface area (TPSA) is 105 Å². The van der Waals surface area contributed by atoms with E-state index in [0.717, 1.165) is 5.56 Å². The summed E-state index contributed by atoms with van der Waals surface area (Å²) in [6.45, 7) is 9.57. The number of rotatable bonds is 8. The van der Waals surface area contributed by atoms with Gasteiger partial charge in [0.15, 0.2) is 11.8 Å². The van der Waals surface area contributed by atoms with E-state index in [-0.39, 0.29) is 18.0 Å². The van der Waals surface area contributed by atoms with Crippen molar-refractivity contribution in [2.75, 3.05) is 16.8 Å². The third-order valence-electron chi connectivity index (χ3n) is 5.90. The number of nitrogens with one attached hydrogen (secondary N) is 1. The Morgan fingerprint density at radius 2 is 1.89 bits per heavy atom. The molecule has 2 atom stereocenters. The quantitative estimate of drug-likeness (QED) is 0.381. The van der Waals surface area contributed by atoms with Gasteiger partial charge in [-0.05, 0) is 82.9 Å². The second-order valence-electron chi connectivity index (χ2n) is 10.5. The number of amides is 1. The summed E-state index contributed by atoms with van der Waals surface area (Å²) in [6, 6.07) is 12.8. The molecule has 0 radical (unpaired) electrons. The first-order valence-electron chi connectivity index (χ1n) is 12.3. The molecule has 0 spiro atoms. The standard InChI is InChI=1S/C28H36N2O6/c1-6-16-30(21-9-7-8-20(17-21)29-26(34)36-27(2,3)4)24-23(32)18-28(5,35-25(24)33)15-14-19-10-12-22(31)13-11-19/h7-13,17,24,31H,6,14-16,18H2,1-5H3,(H,29,34). The third-order valence-corrected chi connectivity index (χ3v) is 5.90. The maximum absolute atomic E-state index is 13.3. The molecule has 36 heavy (non-hydrogen) atoms. The Bertz CT molecular complexity index is 1070. The number of phenols is 1. The maximum Gasteiger partial charge on any atom is 0.412 e. The first-order valence-corrected chi connectivity index (χ1v) is 12.3. The van der Waals surface area contributed by atoms with E-state index in [1.807, 2.05) is 19.1 Å². The van der Waals surface area contributed by atoms with Gasteiger partial charge < -0.3 is 19.5 Å². The highest BCUT2D eigenvalue weighted by Crippen LogP contribution is 2.33. The van der Waals surface area contributed by atoms with Gasteiger partial charge in [0.1, 0.15) is 17.0 Å². The van der Waals surface area contributed by atoms with Gasteiger partial charge in [0.25, 0.3) is 0 Å². The van der Waals surface area contributed by atoms with Gasteiger partial charge in [-0.2, -0.15) is 0 Å². The lowest BCUT2D eigenvalue weighted by atomic mass is 9.86. The number of hydrogen-bond donors (Lipinski definition) is 2. The Hall–Kier alpha value is -3.55. The predicted molar refractivity (Wildman–Crippen MR) is 138 cm³/mol. The number of benzene rings is 2. The van der Waals surface area contributed by atoms with Crippen LogP contribution in [0.2, 0.25) is 0 Å². The highest BCUT2D eigenvalue weighted by molar-refractivity contribution is 6.08. The van der Waals surface area contributed by atoms with Crippen molar-refractivity contribution in [3.63, 3.8) is 0 Å². The highest BCUT2D eigenvalue weighted by Gasteiger charge is 2.46. The number of hydrogen-bond acceptors (Lipinski definition) is 7. The molecule has 1 fully saturated rings. The number of aromatic hydroxyl groups is 1. The summed E-state index contributed by atoms with van der Waals surface area (Å²) in [5.74, 6) is -0.578. The number of phenolic OH excluding ortho intramolecular Hbond substituents is 1. The summed E-state index contributed by atoms with van der Waals surface area (Å²) in [7, 11) is 0. The molecule has 2 aromatic carbocycles. The number of nitrogens with zero attached hydrogens (tertiary/aromatic N) is 1. The van der Waals surface area contributed by atoms with Crippen molar-refractivity contribution >= 4 is 29.2 Å². The lowest BCUT2D eigenvalue weighted by molar-refractivity contribution is -0.171. The fourth-order valence-corrected chi connectivity index (χ4v) is 4.28. The summed E-state index contributed by atoms with van der Waals surface area (Å²) >= 11 is 0. The van der Waals surface area contributed by atoms with Crippen LogP contribution >= 0.6 is 0 Å². The minimum atomic E-state index is -1.05. The Kier molecular flexibility index (Phi) is 8.28. The van der Waals surface area contributed by atoms with Crippen LogP contribution in [0.25, 0.3) is 0 Å². The fourth-order valence-electron chi connectivity index (χ4n) is 4.28. The number of carbonyl (C=O) groups is 3. The van der Waals surface area contributed by atoms with Crippen LogP contribution in [0.4, 0.5) is 16.2 Å². The Morgan fingerprint density at radius 1 is 1.19 bits per heavy atom. The van der Waals surface area contributed by atoms with Crippen molar-refractivity contribution in [1.82, 2.24) is 0 Å². The van der Waals surface area contributed by atoms with Gasteiger partial charge in [0, 0.05) is 24.3 Å². The minimum Gasteiger partial charge on any atom is -0.508 e. The lowest BCUT2D eigenvalue weighted by Gasteiger charge is -2.40. The first-order chi connectivity index (χ1) is 16.9. The largest absolute Gasteiger partial charge is 0.508 e. The van der Waals surface area contributed by atoms with E-state index < -0.39 is 29.3 Å². The summed E-state index contributed by atoms with van der Waals surface area (Å²) in [6.07, 6.45) is 1.33. The van der Waals surface area contributed by atoms with E-state index in [0.29, 0.717) is 37.2 Å². The van der Waals surface area contributed by atoms with Gasteiger partial charge in [-0.15, -0.1) is 0 Å². The van der Waals surface area contributed by atoms with Gasteiger partial charge in [-0.1, -0.05) is 25.1 Å². The number of carbonyl (C=O) groups excluding carboxylic acids is 3. The van der Waals surface area contributed by atoms with Crippen LogP contribution in [-0.2, 0) is 25.5 Å². The molecule has 194 valence electrons. The van der Waals surface area contributed by atoms with Gasteiger partial charge in [-0.3, -0.25) is 10.1 Å². The van der Waals surface area contributed by atoms with E-state index in [9.17, 15) is 19.5 Å². The molecule has 8 nitrogen and oxygen atoms in total. The molecular formula is C28H36N2O6. The molecule has 1 saturated heterocycles. The Balaban J connectivity index is 1.74. The number of Topliss-reactive ketones (excluding diaryl/α,β-unsaturated/α-hetero) is 1. The molecule has 2 unspecified atom stereocenters. The van der Waals surface area contributed by atoms with Crippen molar-refractivity contribution in [2.45, 2.75) is 77.5 Å². The Labute approximate surface area is 212 Å². The second-order valence-corrected chi connectivity index (χ2v) is 10.5. The van der Waals surface area contributed by atoms with Crippen LogP contribution < -0.4 is 10.2 Å². The number of esters is 1. The van der Waals surface area contributed by atoms with E-state index >= 15 is 0 Å². The number of ether oxygens (including phenoxy) is 2. The molecule has 0 aliphatic carbocycles. The van der Waals surface area contributed by atoms with Crippen molar-refractivity contribution < 1.29 is 29.0 Å². The van der Waals surface area contributed by atoms with Crippen molar-refractivity contribution in [1.29, 1.82) is 0 Å². The zero-order valence-electron chi connectivity index (χ0n) is 21.7. The average molecular weight is 497 g/mol. The molecule has 1 amide bonds. The zero-order valence-corrected chi connectivity index (χ0v) is 21.7. The van der Waals surface area contributed by atoms with Gasteiger partial charge >= 0.3 is 12.1 Å². The van der Waals surface area contributed by atoms with Crippen LogP contribution in [0.15, 0.2) is 48.5 Å². The summed E-state index contributed by atoms with van der Waals surface area (Å²) in [5, 5.41) is 12.2. The number of aryl methyl sites for hydroxylation is 1. The molecule has 3 rings (SSSR count). The van der Waals surface area contributed by atoms with Crippen molar-refractivity contribution in [3.05, 3.63) is 54.1 Å². The van der Waals surface area contributed by atoms with Crippen LogP contribution in [0.1, 0.15) is 59.4 Å². The smallest absolute Gasteiger partial charge is 0.412 e. The third kappa shape index (κ3) is 7.23. The SMILES string of the molecule is CCCN(c1cccc(NC(=O)OC(C)(C)C)c1)C1C(=O)CC(C)(CCc2ccc(O)cc2)OC1=O. The van der Waals surface area contributed by atoms with E-state index in [1.54, 1.807) is 69.0 Å². The van der Waals surface area contributed by atoms with Crippen LogP contribution in [0, 0.1) is 0 Å². The minimum absolute atomic E-state index is 0.109. The molecule has 1 aliphatic rings. The molecule has 8 heteroatoms. The Morgan fingerprint density at radius 3 is 2.50 bits per heavy atom. The number of ketones is 1. The normalized spacial score (nSPS) is 20.0. The highest BCUT2D eigenvalue weighted by atomic mass is 16.6. The van der Waals surface area contributed by atoms with E-state index in [1.165, 1.54) is 0 Å². The maximum atomic E-state index is 13.3. The first kappa shape index (κ1) is 27.0. The monoisotopic (exact) mass is 496 g/mol. The number of cyclic esters (lactones) is 1. The molecule has 1 heterocycles. The molecule has 0 bridgehead atoms. The molecule has 0 saturated carbocycles. The predicted octanol–water partition coefficient (Wildman–Crippen LogP) is 5.23. The van der Waals surface area contributed by atoms with Crippen LogP contribution in [0.5, 0.6) is 5.75 Å². The number of anilines is 2. The molecule has 1 aliphatic heterocycles.